The second-order valence-corrected chi connectivity index (χ2v) is 3.48. The first-order valence-electron chi connectivity index (χ1n) is 3.35. The lowest BCUT2D eigenvalue weighted by atomic mass is 10.3. The Labute approximate surface area is 95.6 Å². The highest BCUT2D eigenvalue weighted by Gasteiger charge is 2.32. The monoisotopic (exact) mass is 300 g/mol. The number of nitrogens with zero attached hydrogens (tertiary/aromatic N) is 2. The summed E-state index contributed by atoms with van der Waals surface area (Å²) in [6.45, 7) is 0. The van der Waals surface area contributed by atoms with Crippen LogP contribution in [0.3, 0.4) is 0 Å². The average Bonchev–Trinajstić information content (AvgIpc) is 2.08. The van der Waals surface area contributed by atoms with Crippen LogP contribution in [0.1, 0.15) is 5.69 Å². The summed E-state index contributed by atoms with van der Waals surface area (Å²) < 4.78 is 39.2. The van der Waals surface area contributed by atoms with E-state index in [1.807, 2.05) is 0 Å². The van der Waals surface area contributed by atoms with Gasteiger partial charge in [-0.2, -0.15) is 5.26 Å². The molecule has 1 rings (SSSR count). The van der Waals surface area contributed by atoms with Crippen LogP contribution in [0.5, 0.6) is 5.75 Å². The van der Waals surface area contributed by atoms with Crippen LogP contribution in [0.15, 0.2) is 10.5 Å². The summed E-state index contributed by atoms with van der Waals surface area (Å²) in [7, 11) is 0. The van der Waals surface area contributed by atoms with Crippen LogP contribution in [0.25, 0.3) is 0 Å². The number of pyridine rings is 1. The second kappa shape index (κ2) is 4.24. The van der Waals surface area contributed by atoms with Crippen molar-refractivity contribution in [2.24, 2.45) is 0 Å². The number of nitriles is 1. The van der Waals surface area contributed by atoms with Gasteiger partial charge in [0.25, 0.3) is 0 Å². The van der Waals surface area contributed by atoms with Crippen molar-refractivity contribution in [2.45, 2.75) is 6.36 Å². The van der Waals surface area contributed by atoms with Gasteiger partial charge in [-0.05, 0) is 15.9 Å². The van der Waals surface area contributed by atoms with Gasteiger partial charge in [-0.15, -0.1) is 13.2 Å². The third-order valence-electron chi connectivity index (χ3n) is 1.23. The van der Waals surface area contributed by atoms with Gasteiger partial charge in [0.1, 0.15) is 6.07 Å². The maximum atomic E-state index is 11.8. The van der Waals surface area contributed by atoms with E-state index in [1.165, 1.54) is 0 Å². The van der Waals surface area contributed by atoms with Gasteiger partial charge in [-0.25, -0.2) is 4.98 Å². The van der Waals surface area contributed by atoms with E-state index in [0.717, 1.165) is 6.07 Å². The zero-order chi connectivity index (χ0) is 11.6. The normalized spacial score (nSPS) is 10.9. The third-order valence-corrected chi connectivity index (χ3v) is 2.10. The molecule has 15 heavy (non-hydrogen) atoms. The predicted octanol–water partition coefficient (Wildman–Crippen LogP) is 3.27. The van der Waals surface area contributed by atoms with Crippen molar-refractivity contribution in [3.8, 4) is 11.8 Å². The molecule has 1 aromatic heterocycles. The van der Waals surface area contributed by atoms with Crippen LogP contribution in [-0.4, -0.2) is 11.3 Å². The standard InChI is InChI=1S/C7HBrClF3N2O/c8-3-1-5(15-7(10,11)12)6(9)14-4(3)2-13/h1H. The number of aromatic nitrogens is 1. The van der Waals surface area contributed by atoms with E-state index in [9.17, 15) is 13.2 Å². The first-order valence-corrected chi connectivity index (χ1v) is 4.52. The molecule has 0 atom stereocenters. The van der Waals surface area contributed by atoms with Crippen LogP contribution in [-0.2, 0) is 0 Å². The predicted molar refractivity (Wildman–Crippen MR) is 48.3 cm³/mol. The highest BCUT2D eigenvalue weighted by molar-refractivity contribution is 9.10. The molecule has 0 N–H and O–H groups in total. The number of hydrogen-bond acceptors (Lipinski definition) is 3. The highest BCUT2D eigenvalue weighted by Crippen LogP contribution is 2.32. The molecule has 80 valence electrons. The Morgan fingerprint density at radius 2 is 2.13 bits per heavy atom. The molecular weight excluding hydrogens is 300 g/mol. The van der Waals surface area contributed by atoms with Gasteiger partial charge >= 0.3 is 6.36 Å². The summed E-state index contributed by atoms with van der Waals surface area (Å²) in [5.41, 5.74) is -0.116. The summed E-state index contributed by atoms with van der Waals surface area (Å²) in [6.07, 6.45) is -4.85. The molecule has 0 aromatic carbocycles. The Hall–Kier alpha value is -1.00. The summed E-state index contributed by atoms with van der Waals surface area (Å²) in [5, 5.41) is 7.98. The highest BCUT2D eigenvalue weighted by atomic mass is 79.9. The Kier molecular flexibility index (Phi) is 3.42. The van der Waals surface area contributed by atoms with Crippen molar-refractivity contribution >= 4 is 27.5 Å². The molecule has 0 unspecified atom stereocenters. The number of alkyl halides is 3. The number of ether oxygens (including phenoxy) is 1. The lowest BCUT2D eigenvalue weighted by Gasteiger charge is -2.10. The van der Waals surface area contributed by atoms with E-state index in [1.54, 1.807) is 6.07 Å². The van der Waals surface area contributed by atoms with Gasteiger partial charge in [-0.3, -0.25) is 0 Å². The molecule has 0 bridgehead atoms. The van der Waals surface area contributed by atoms with Crippen LogP contribution in [0.4, 0.5) is 13.2 Å². The molecular formula is C7HBrClF3N2O. The van der Waals surface area contributed by atoms with E-state index in [0.29, 0.717) is 0 Å². The molecule has 0 radical (unpaired) electrons. The van der Waals surface area contributed by atoms with Crippen LogP contribution < -0.4 is 4.74 Å². The second-order valence-electron chi connectivity index (χ2n) is 2.27. The average molecular weight is 301 g/mol. The van der Waals surface area contributed by atoms with Gasteiger partial charge < -0.3 is 4.74 Å². The fourth-order valence-electron chi connectivity index (χ4n) is 0.724. The van der Waals surface area contributed by atoms with Gasteiger partial charge in [0.05, 0.1) is 4.47 Å². The minimum atomic E-state index is -4.85. The van der Waals surface area contributed by atoms with E-state index in [2.05, 4.69) is 25.7 Å². The van der Waals surface area contributed by atoms with Gasteiger partial charge in [-0.1, -0.05) is 11.6 Å². The number of rotatable bonds is 1. The van der Waals surface area contributed by atoms with Crippen LogP contribution >= 0.6 is 27.5 Å². The van der Waals surface area contributed by atoms with E-state index in [4.69, 9.17) is 16.9 Å². The molecule has 0 spiro atoms. The molecule has 0 fully saturated rings. The summed E-state index contributed by atoms with van der Waals surface area (Å²) in [6, 6.07) is 2.58. The first kappa shape index (κ1) is 12.1. The van der Waals surface area contributed by atoms with E-state index >= 15 is 0 Å². The van der Waals surface area contributed by atoms with Gasteiger partial charge in [0.2, 0.25) is 0 Å². The summed E-state index contributed by atoms with van der Waals surface area (Å²) in [4.78, 5) is 3.41. The zero-order valence-electron chi connectivity index (χ0n) is 6.77. The fourth-order valence-corrected chi connectivity index (χ4v) is 1.29. The molecule has 3 nitrogen and oxygen atoms in total. The Morgan fingerprint density at radius 1 is 1.53 bits per heavy atom. The lowest BCUT2D eigenvalue weighted by Crippen LogP contribution is -2.17. The smallest absolute Gasteiger partial charge is 0.402 e. The van der Waals surface area contributed by atoms with Crippen molar-refractivity contribution < 1.29 is 17.9 Å². The topological polar surface area (TPSA) is 45.9 Å². The maximum absolute atomic E-state index is 11.8. The minimum absolute atomic E-state index is 0.0775. The SMILES string of the molecule is N#Cc1nc(Cl)c(OC(F)(F)F)cc1Br. The maximum Gasteiger partial charge on any atom is 0.573 e. The molecule has 8 heteroatoms. The van der Waals surface area contributed by atoms with E-state index < -0.39 is 17.3 Å². The largest absolute Gasteiger partial charge is 0.573 e. The number of halogens is 5. The quantitative estimate of drug-likeness (QED) is 0.748. The molecule has 0 aliphatic heterocycles. The van der Waals surface area contributed by atoms with Crippen molar-refractivity contribution in [1.29, 1.82) is 5.26 Å². The van der Waals surface area contributed by atoms with Crippen molar-refractivity contribution in [1.82, 2.24) is 4.98 Å². The number of hydrogen-bond donors (Lipinski definition) is 0. The third kappa shape index (κ3) is 3.25. The Balaban J connectivity index is 3.13. The van der Waals surface area contributed by atoms with Crippen LogP contribution in [0, 0.1) is 11.3 Å². The molecule has 0 amide bonds. The minimum Gasteiger partial charge on any atom is -0.402 e. The van der Waals surface area contributed by atoms with Gasteiger partial charge in [0.15, 0.2) is 16.6 Å². The first-order chi connectivity index (χ1) is 6.83. The molecule has 1 heterocycles. The molecule has 1 aromatic rings. The molecule has 0 aliphatic carbocycles. The van der Waals surface area contributed by atoms with E-state index in [-0.39, 0.29) is 10.2 Å². The zero-order valence-corrected chi connectivity index (χ0v) is 9.11. The Morgan fingerprint density at radius 3 is 2.60 bits per heavy atom. The molecule has 0 aliphatic rings. The summed E-state index contributed by atoms with van der Waals surface area (Å²) >= 11 is 8.24. The fraction of sp³-hybridized carbons (Fsp3) is 0.143. The Bertz CT molecular complexity index is 429. The summed E-state index contributed by atoms with van der Waals surface area (Å²) in [5.74, 6) is -0.657. The van der Waals surface area contributed by atoms with Crippen molar-refractivity contribution in [3.63, 3.8) is 0 Å². The molecule has 0 saturated carbocycles. The lowest BCUT2D eigenvalue weighted by molar-refractivity contribution is -0.274. The van der Waals surface area contributed by atoms with Crippen LogP contribution in [0.2, 0.25) is 5.15 Å². The van der Waals surface area contributed by atoms with Crippen molar-refractivity contribution in [2.75, 3.05) is 0 Å². The van der Waals surface area contributed by atoms with Crippen molar-refractivity contribution in [3.05, 3.63) is 21.4 Å². The molecule has 0 saturated heterocycles. The van der Waals surface area contributed by atoms with Gasteiger partial charge in [0, 0.05) is 6.07 Å².